The van der Waals surface area contributed by atoms with E-state index in [-0.39, 0.29) is 61.7 Å². The summed E-state index contributed by atoms with van der Waals surface area (Å²) in [5, 5.41) is 14.8. The van der Waals surface area contributed by atoms with Gasteiger partial charge < -0.3 is 39.5 Å². The molecule has 0 fully saturated rings. The molecule has 0 aliphatic carbocycles. The van der Waals surface area contributed by atoms with Gasteiger partial charge in [-0.05, 0) is 102 Å². The molecule has 346 valence electrons. The average molecular weight is 903 g/mol. The fourth-order valence-corrected chi connectivity index (χ4v) is 7.81. The highest BCUT2D eigenvalue weighted by Gasteiger charge is 2.31. The molecule has 2 atom stereocenters. The number of primary amides is 2. The van der Waals surface area contributed by atoms with Crippen molar-refractivity contribution in [2.24, 2.45) is 11.5 Å². The number of imidazole rings is 2. The molecule has 6 N–H and O–H groups in total. The molecule has 3 aromatic carbocycles. The minimum atomic E-state index is -0.772. The number of aromatic nitrogens is 8. The van der Waals surface area contributed by atoms with Gasteiger partial charge in [0, 0.05) is 37.4 Å². The number of nitrogens with one attached hydrogen (secondary N) is 2. The molecule has 0 aliphatic rings. The Hall–Kier alpha value is -7.58. The Morgan fingerprint density at radius 2 is 1.20 bits per heavy atom. The highest BCUT2D eigenvalue weighted by molar-refractivity contribution is 6.05. The molecule has 0 radical (unpaired) electrons. The SMILES string of the molecule is CCOC(Cn1c(NC(=O)c2cc(C)nn2CC)nc2cc(C(N)=O)ccc21)C(Cn1c(NC(=O)c2cc(C)nn2CC)nc2cc(C(N)=O)cc(OCc3ccc(OC)cc3)c21)OCC. The van der Waals surface area contributed by atoms with E-state index in [1.165, 1.54) is 0 Å². The number of fused-ring (bicyclic) bond motifs is 2. The number of hydrogen-bond acceptors (Lipinski definition) is 12. The minimum Gasteiger partial charge on any atom is -0.497 e. The van der Waals surface area contributed by atoms with Gasteiger partial charge in [0.15, 0.2) is 0 Å². The van der Waals surface area contributed by atoms with Crippen LogP contribution in [-0.2, 0) is 42.3 Å². The van der Waals surface area contributed by atoms with Crippen LogP contribution in [0.1, 0.15) is 86.3 Å². The molecule has 4 aromatic heterocycles. The van der Waals surface area contributed by atoms with E-state index in [1.807, 2.05) is 52.0 Å². The fourth-order valence-electron chi connectivity index (χ4n) is 7.81. The summed E-state index contributed by atoms with van der Waals surface area (Å²) < 4.78 is 31.6. The Balaban J connectivity index is 1.34. The van der Waals surface area contributed by atoms with E-state index in [0.717, 1.165) is 5.56 Å². The summed E-state index contributed by atoms with van der Waals surface area (Å²) in [5.41, 5.74) is 16.4. The molecule has 7 rings (SSSR count). The van der Waals surface area contributed by atoms with Crippen LogP contribution < -0.4 is 31.6 Å². The van der Waals surface area contributed by atoms with Crippen molar-refractivity contribution >= 4 is 57.6 Å². The first-order valence-corrected chi connectivity index (χ1v) is 21.6. The van der Waals surface area contributed by atoms with E-state index in [2.05, 4.69) is 20.8 Å². The summed E-state index contributed by atoms with van der Waals surface area (Å²) in [6.45, 7) is 12.7. The molecule has 0 bridgehead atoms. The molecule has 0 saturated heterocycles. The van der Waals surface area contributed by atoms with Crippen LogP contribution in [0, 0.1) is 13.8 Å². The maximum atomic E-state index is 14.1. The maximum Gasteiger partial charge on any atom is 0.276 e. The van der Waals surface area contributed by atoms with Crippen molar-refractivity contribution in [1.82, 2.24) is 38.7 Å². The molecule has 0 spiro atoms. The molecular formula is C46H54N12O8. The van der Waals surface area contributed by atoms with Crippen molar-refractivity contribution < 1.29 is 38.1 Å². The van der Waals surface area contributed by atoms with Crippen LogP contribution in [0.2, 0.25) is 0 Å². The lowest BCUT2D eigenvalue weighted by atomic mass is 10.1. The molecule has 7 aromatic rings. The molecule has 66 heavy (non-hydrogen) atoms. The van der Waals surface area contributed by atoms with Crippen LogP contribution in [0.15, 0.2) is 66.7 Å². The van der Waals surface area contributed by atoms with Gasteiger partial charge in [-0.15, -0.1) is 0 Å². The molecule has 20 nitrogen and oxygen atoms in total. The molecule has 2 unspecified atom stereocenters. The number of hydrogen-bond donors (Lipinski definition) is 4. The van der Waals surface area contributed by atoms with Crippen LogP contribution in [0.5, 0.6) is 11.5 Å². The summed E-state index contributed by atoms with van der Waals surface area (Å²) in [6.07, 6.45) is -1.52. The number of nitrogens with zero attached hydrogens (tertiary/aromatic N) is 8. The number of amides is 4. The largest absolute Gasteiger partial charge is 0.497 e. The number of aryl methyl sites for hydroxylation is 4. The van der Waals surface area contributed by atoms with Crippen LogP contribution >= 0.6 is 0 Å². The molecule has 4 amide bonds. The smallest absolute Gasteiger partial charge is 0.276 e. The third-order valence-corrected chi connectivity index (χ3v) is 10.9. The number of methoxy groups -OCH3 is 1. The average Bonchev–Trinajstić information content (AvgIpc) is 4.07. The highest BCUT2D eigenvalue weighted by Crippen LogP contribution is 2.34. The lowest BCUT2D eigenvalue weighted by Crippen LogP contribution is -2.39. The topological polar surface area (TPSA) is 253 Å². The van der Waals surface area contributed by atoms with E-state index in [0.29, 0.717) is 63.7 Å². The summed E-state index contributed by atoms with van der Waals surface area (Å²) in [4.78, 5) is 62.6. The number of carbonyl (C=O) groups excluding carboxylic acids is 4. The quantitative estimate of drug-likeness (QED) is 0.0723. The lowest BCUT2D eigenvalue weighted by Gasteiger charge is -2.29. The van der Waals surface area contributed by atoms with Gasteiger partial charge in [0.25, 0.3) is 11.8 Å². The number of benzene rings is 3. The Morgan fingerprint density at radius 1 is 0.667 bits per heavy atom. The van der Waals surface area contributed by atoms with E-state index in [1.54, 1.807) is 81.9 Å². The van der Waals surface area contributed by atoms with Crippen molar-refractivity contribution in [2.75, 3.05) is 31.0 Å². The van der Waals surface area contributed by atoms with Crippen molar-refractivity contribution in [3.8, 4) is 11.5 Å². The third kappa shape index (κ3) is 9.88. The zero-order valence-electron chi connectivity index (χ0n) is 38.0. The second kappa shape index (κ2) is 20.1. The predicted molar refractivity (Wildman–Crippen MR) is 246 cm³/mol. The summed E-state index contributed by atoms with van der Waals surface area (Å²) in [5.74, 6) is -1.02. The highest BCUT2D eigenvalue weighted by atomic mass is 16.5. The molecule has 4 heterocycles. The maximum absolute atomic E-state index is 14.1. The zero-order chi connectivity index (χ0) is 47.2. The van der Waals surface area contributed by atoms with Gasteiger partial charge in [-0.1, -0.05) is 12.1 Å². The molecule has 0 saturated carbocycles. The van der Waals surface area contributed by atoms with Gasteiger partial charge >= 0.3 is 0 Å². The number of carbonyl (C=O) groups is 4. The Kier molecular flexibility index (Phi) is 14.1. The molecule has 0 aliphatic heterocycles. The Morgan fingerprint density at radius 3 is 1.73 bits per heavy atom. The zero-order valence-corrected chi connectivity index (χ0v) is 38.0. The van der Waals surface area contributed by atoms with Gasteiger partial charge in [-0.2, -0.15) is 10.2 Å². The summed E-state index contributed by atoms with van der Waals surface area (Å²) in [7, 11) is 1.58. The second-order valence-corrected chi connectivity index (χ2v) is 15.4. The third-order valence-electron chi connectivity index (χ3n) is 10.9. The molecular weight excluding hydrogens is 849 g/mol. The summed E-state index contributed by atoms with van der Waals surface area (Å²) in [6, 6.07) is 18.7. The first-order valence-electron chi connectivity index (χ1n) is 21.6. The normalized spacial score (nSPS) is 12.3. The lowest BCUT2D eigenvalue weighted by molar-refractivity contribution is -0.0789. The van der Waals surface area contributed by atoms with Crippen LogP contribution in [-0.4, -0.2) is 94.8 Å². The predicted octanol–water partition coefficient (Wildman–Crippen LogP) is 5.24. The van der Waals surface area contributed by atoms with Gasteiger partial charge in [-0.25, -0.2) is 9.97 Å². The van der Waals surface area contributed by atoms with Gasteiger partial charge in [0.2, 0.25) is 23.7 Å². The van der Waals surface area contributed by atoms with Crippen LogP contribution in [0.4, 0.5) is 11.9 Å². The number of nitrogens with two attached hydrogens (primary N) is 2. The Labute approximate surface area is 380 Å². The number of rotatable bonds is 21. The van der Waals surface area contributed by atoms with Crippen LogP contribution in [0.25, 0.3) is 22.1 Å². The summed E-state index contributed by atoms with van der Waals surface area (Å²) >= 11 is 0. The standard InChI is InChI=1S/C46H54N12O8/c1-8-57-35(18-26(5)53-57)43(61)51-45-49-32-20-29(41(47)59)14-17-34(32)55(45)23-38(64-10-3)39(65-11-4)24-56-40-33(50-46(56)52-44(62)36-19-27(6)54-58(36)9-2)21-30(42(48)60)22-37(40)66-25-28-12-15-31(63-7)16-13-28/h12-22,38-39H,8-11,23-25H2,1-7H3,(H2,47,59)(H2,48,60)(H,49,51,61)(H,50,52,62). The molecule has 20 heteroatoms. The monoisotopic (exact) mass is 902 g/mol. The minimum absolute atomic E-state index is 0.0284. The Bertz CT molecular complexity index is 2910. The van der Waals surface area contributed by atoms with Gasteiger partial charge in [-0.3, -0.25) is 39.2 Å². The van der Waals surface area contributed by atoms with Gasteiger partial charge in [0.05, 0.1) is 48.1 Å². The van der Waals surface area contributed by atoms with Crippen molar-refractivity contribution in [2.45, 2.75) is 86.5 Å². The van der Waals surface area contributed by atoms with Crippen molar-refractivity contribution in [3.63, 3.8) is 0 Å². The van der Waals surface area contributed by atoms with Crippen molar-refractivity contribution in [3.05, 3.63) is 106 Å². The van der Waals surface area contributed by atoms with E-state index in [4.69, 9.17) is 40.4 Å². The van der Waals surface area contributed by atoms with Crippen LogP contribution in [0.3, 0.4) is 0 Å². The fraction of sp³-hybridized carbons (Fsp3) is 0.348. The number of ether oxygens (including phenoxy) is 4. The number of anilines is 2. The first-order chi connectivity index (χ1) is 31.7. The van der Waals surface area contributed by atoms with E-state index < -0.39 is 35.8 Å². The van der Waals surface area contributed by atoms with Gasteiger partial charge in [0.1, 0.15) is 47.2 Å². The van der Waals surface area contributed by atoms with E-state index in [9.17, 15) is 19.2 Å². The first kappa shape index (κ1) is 46.4. The second-order valence-electron chi connectivity index (χ2n) is 15.4. The van der Waals surface area contributed by atoms with E-state index >= 15 is 0 Å². The van der Waals surface area contributed by atoms with Crippen molar-refractivity contribution in [1.29, 1.82) is 0 Å².